The molecular weight excluding hydrogens is 283 g/mol. The van der Waals surface area contributed by atoms with Crippen LogP contribution in [0.4, 0.5) is 4.39 Å². The van der Waals surface area contributed by atoms with Gasteiger partial charge in [-0.3, -0.25) is 0 Å². The molecule has 0 radical (unpaired) electrons. The van der Waals surface area contributed by atoms with E-state index in [1.54, 1.807) is 13.8 Å². The minimum Gasteiger partial charge on any atom is -0.364 e. The highest BCUT2D eigenvalue weighted by Crippen LogP contribution is 2.18. The van der Waals surface area contributed by atoms with E-state index in [0.29, 0.717) is 17.5 Å². The smallest absolute Gasteiger partial charge is 0.240 e. The standard InChI is InChI=1S/C13H15FN2O3S/c1-9-5-12(6-10(2)13(9)14)20(17,18)16-4-3-11-7-15-19-8-11/h5-8,16H,3-4H2,1-2H3. The lowest BCUT2D eigenvalue weighted by Crippen LogP contribution is -2.26. The van der Waals surface area contributed by atoms with Crippen LogP contribution in [0, 0.1) is 19.7 Å². The van der Waals surface area contributed by atoms with Gasteiger partial charge in [-0.1, -0.05) is 5.16 Å². The van der Waals surface area contributed by atoms with Crippen molar-refractivity contribution in [2.24, 2.45) is 0 Å². The van der Waals surface area contributed by atoms with Gasteiger partial charge >= 0.3 is 0 Å². The Morgan fingerprint density at radius 2 is 1.95 bits per heavy atom. The molecule has 1 aromatic carbocycles. The van der Waals surface area contributed by atoms with Gasteiger partial charge in [-0.25, -0.2) is 17.5 Å². The van der Waals surface area contributed by atoms with Gasteiger partial charge in [-0.2, -0.15) is 0 Å². The zero-order valence-corrected chi connectivity index (χ0v) is 12.0. The summed E-state index contributed by atoms with van der Waals surface area (Å²) in [4.78, 5) is 0.0687. The fourth-order valence-electron chi connectivity index (χ4n) is 1.82. The summed E-state index contributed by atoms with van der Waals surface area (Å²) >= 11 is 0. The van der Waals surface area contributed by atoms with Crippen LogP contribution < -0.4 is 4.72 Å². The van der Waals surface area contributed by atoms with E-state index in [2.05, 4.69) is 14.4 Å². The van der Waals surface area contributed by atoms with E-state index in [0.717, 1.165) is 5.56 Å². The second kappa shape index (κ2) is 5.72. The highest BCUT2D eigenvalue weighted by molar-refractivity contribution is 7.89. The predicted octanol–water partition coefficient (Wildman–Crippen LogP) is 1.95. The van der Waals surface area contributed by atoms with Crippen LogP contribution in [0.5, 0.6) is 0 Å². The lowest BCUT2D eigenvalue weighted by Gasteiger charge is -2.09. The number of hydrogen-bond acceptors (Lipinski definition) is 4. The molecule has 2 rings (SSSR count). The summed E-state index contributed by atoms with van der Waals surface area (Å²) in [7, 11) is -3.64. The molecular formula is C13H15FN2O3S. The van der Waals surface area contributed by atoms with Crippen LogP contribution >= 0.6 is 0 Å². The van der Waals surface area contributed by atoms with Gasteiger partial charge in [0.2, 0.25) is 10.0 Å². The number of rotatable bonds is 5. The average molecular weight is 298 g/mol. The molecule has 0 aliphatic heterocycles. The van der Waals surface area contributed by atoms with Crippen molar-refractivity contribution < 1.29 is 17.3 Å². The Hall–Kier alpha value is -1.73. The largest absolute Gasteiger partial charge is 0.364 e. The topological polar surface area (TPSA) is 72.2 Å². The van der Waals surface area contributed by atoms with E-state index in [4.69, 9.17) is 0 Å². The quantitative estimate of drug-likeness (QED) is 0.915. The van der Waals surface area contributed by atoms with Crippen LogP contribution in [-0.2, 0) is 16.4 Å². The molecule has 0 aliphatic rings. The number of nitrogens with zero attached hydrogens (tertiary/aromatic N) is 1. The highest BCUT2D eigenvalue weighted by atomic mass is 32.2. The molecule has 0 amide bonds. The summed E-state index contributed by atoms with van der Waals surface area (Å²) in [5.41, 5.74) is 1.42. The van der Waals surface area contributed by atoms with Gasteiger partial charge in [-0.05, 0) is 43.5 Å². The third-order valence-electron chi connectivity index (χ3n) is 2.91. The summed E-state index contributed by atoms with van der Waals surface area (Å²) in [5.74, 6) is -0.381. The minimum absolute atomic E-state index is 0.0687. The van der Waals surface area contributed by atoms with E-state index in [1.165, 1.54) is 24.6 Å². The van der Waals surface area contributed by atoms with Crippen molar-refractivity contribution in [3.05, 3.63) is 47.1 Å². The summed E-state index contributed by atoms with van der Waals surface area (Å²) in [6, 6.07) is 2.65. The molecule has 20 heavy (non-hydrogen) atoms. The van der Waals surface area contributed by atoms with E-state index in [-0.39, 0.29) is 17.3 Å². The van der Waals surface area contributed by atoms with Gasteiger partial charge in [0.25, 0.3) is 0 Å². The average Bonchev–Trinajstić information content (AvgIpc) is 2.88. The first-order valence-electron chi connectivity index (χ1n) is 6.05. The molecule has 7 heteroatoms. The number of sulfonamides is 1. The Morgan fingerprint density at radius 3 is 2.50 bits per heavy atom. The fourth-order valence-corrected chi connectivity index (χ4v) is 3.03. The zero-order chi connectivity index (χ0) is 14.8. The Morgan fingerprint density at radius 1 is 1.30 bits per heavy atom. The Labute approximate surface area is 116 Å². The van der Waals surface area contributed by atoms with Gasteiger partial charge in [0.05, 0.1) is 11.1 Å². The van der Waals surface area contributed by atoms with Crippen LogP contribution in [0.1, 0.15) is 16.7 Å². The zero-order valence-electron chi connectivity index (χ0n) is 11.2. The monoisotopic (exact) mass is 298 g/mol. The van der Waals surface area contributed by atoms with Crippen molar-refractivity contribution >= 4 is 10.0 Å². The molecule has 0 unspecified atom stereocenters. The van der Waals surface area contributed by atoms with Crippen LogP contribution in [0.15, 0.2) is 34.0 Å². The van der Waals surface area contributed by atoms with Crippen molar-refractivity contribution in [2.75, 3.05) is 6.54 Å². The maximum absolute atomic E-state index is 13.5. The SMILES string of the molecule is Cc1cc(S(=O)(=O)NCCc2cnoc2)cc(C)c1F. The second-order valence-corrected chi connectivity index (χ2v) is 6.32. The number of hydrogen-bond donors (Lipinski definition) is 1. The number of benzene rings is 1. The molecule has 1 heterocycles. The van der Waals surface area contributed by atoms with Gasteiger partial charge in [0.15, 0.2) is 0 Å². The second-order valence-electron chi connectivity index (χ2n) is 4.55. The van der Waals surface area contributed by atoms with Crippen molar-refractivity contribution in [3.8, 4) is 0 Å². The summed E-state index contributed by atoms with van der Waals surface area (Å²) in [5, 5.41) is 3.53. The molecule has 2 aromatic rings. The maximum Gasteiger partial charge on any atom is 0.240 e. The highest BCUT2D eigenvalue weighted by Gasteiger charge is 2.16. The molecule has 0 saturated carbocycles. The molecule has 0 fully saturated rings. The summed E-state index contributed by atoms with van der Waals surface area (Å²) in [6.07, 6.45) is 3.46. The first-order chi connectivity index (χ1) is 9.40. The van der Waals surface area contributed by atoms with Crippen LogP contribution in [0.2, 0.25) is 0 Å². The van der Waals surface area contributed by atoms with Crippen molar-refractivity contribution in [1.82, 2.24) is 9.88 Å². The van der Waals surface area contributed by atoms with Gasteiger partial charge < -0.3 is 4.52 Å². The maximum atomic E-state index is 13.5. The molecule has 0 saturated heterocycles. The van der Waals surface area contributed by atoms with Crippen molar-refractivity contribution in [2.45, 2.75) is 25.2 Å². The van der Waals surface area contributed by atoms with E-state index < -0.39 is 10.0 Å². The molecule has 5 nitrogen and oxygen atoms in total. The van der Waals surface area contributed by atoms with E-state index >= 15 is 0 Å². The predicted molar refractivity (Wildman–Crippen MR) is 71.3 cm³/mol. The lowest BCUT2D eigenvalue weighted by atomic mass is 10.1. The molecule has 0 atom stereocenters. The Balaban J connectivity index is 2.10. The van der Waals surface area contributed by atoms with Gasteiger partial charge in [0.1, 0.15) is 12.1 Å². The van der Waals surface area contributed by atoms with Gasteiger partial charge in [0, 0.05) is 12.1 Å². The Bertz CT molecular complexity index is 673. The van der Waals surface area contributed by atoms with E-state index in [1.807, 2.05) is 0 Å². The molecule has 108 valence electrons. The summed E-state index contributed by atoms with van der Waals surface area (Å²) < 4.78 is 44.8. The van der Waals surface area contributed by atoms with Crippen LogP contribution in [0.25, 0.3) is 0 Å². The first-order valence-corrected chi connectivity index (χ1v) is 7.53. The molecule has 1 N–H and O–H groups in total. The van der Waals surface area contributed by atoms with Crippen molar-refractivity contribution in [1.29, 1.82) is 0 Å². The Kier molecular flexibility index (Phi) is 4.20. The van der Waals surface area contributed by atoms with E-state index in [9.17, 15) is 12.8 Å². The normalized spacial score (nSPS) is 11.8. The summed E-state index contributed by atoms with van der Waals surface area (Å²) in [6.45, 7) is 3.30. The minimum atomic E-state index is -3.64. The lowest BCUT2D eigenvalue weighted by molar-refractivity contribution is 0.419. The number of aryl methyl sites for hydroxylation is 2. The third-order valence-corrected chi connectivity index (χ3v) is 4.35. The number of nitrogens with one attached hydrogen (secondary N) is 1. The first kappa shape index (κ1) is 14.7. The molecule has 0 aliphatic carbocycles. The van der Waals surface area contributed by atoms with Crippen molar-refractivity contribution in [3.63, 3.8) is 0 Å². The fraction of sp³-hybridized carbons (Fsp3) is 0.308. The third kappa shape index (κ3) is 3.23. The van der Waals surface area contributed by atoms with Crippen LogP contribution in [0.3, 0.4) is 0 Å². The molecule has 1 aromatic heterocycles. The van der Waals surface area contributed by atoms with Gasteiger partial charge in [-0.15, -0.1) is 0 Å². The molecule has 0 bridgehead atoms. The number of halogens is 1. The number of aromatic nitrogens is 1. The molecule has 0 spiro atoms. The van der Waals surface area contributed by atoms with Crippen LogP contribution in [-0.4, -0.2) is 20.1 Å².